The van der Waals surface area contributed by atoms with Gasteiger partial charge in [0.1, 0.15) is 0 Å². The molecule has 1 aromatic carbocycles. The summed E-state index contributed by atoms with van der Waals surface area (Å²) in [5, 5.41) is 0. The summed E-state index contributed by atoms with van der Waals surface area (Å²) in [6, 6.07) is 8.67. The van der Waals surface area contributed by atoms with E-state index in [1.165, 1.54) is 22.0 Å². The number of halogens is 1. The molecule has 1 aliphatic carbocycles. The van der Waals surface area contributed by atoms with E-state index in [9.17, 15) is 0 Å². The number of nitrogens with two attached hydrogens (primary N) is 1. The quantitative estimate of drug-likeness (QED) is 0.824. The van der Waals surface area contributed by atoms with Gasteiger partial charge in [0, 0.05) is 9.61 Å². The lowest BCUT2D eigenvalue weighted by Gasteiger charge is -2.11. The predicted octanol–water partition coefficient (Wildman–Crippen LogP) is 2.70. The van der Waals surface area contributed by atoms with Crippen LogP contribution in [0, 0.1) is 9.49 Å². The van der Waals surface area contributed by atoms with E-state index in [4.69, 9.17) is 5.73 Å². The summed E-state index contributed by atoms with van der Waals surface area (Å²) in [5.74, 6) is 0.751. The van der Waals surface area contributed by atoms with Gasteiger partial charge in [-0.25, -0.2) is 0 Å². The van der Waals surface area contributed by atoms with Gasteiger partial charge in [-0.15, -0.1) is 0 Å². The van der Waals surface area contributed by atoms with Crippen LogP contribution in [0.25, 0.3) is 0 Å². The van der Waals surface area contributed by atoms with Crippen molar-refractivity contribution in [1.29, 1.82) is 0 Å². The third kappa shape index (κ3) is 1.64. The molecule has 2 heteroatoms. The standard InChI is InChI=1S/C10H12IN/c11-9-4-2-1-3-8(9)10(12)7-5-6-7/h1-4,7,10H,5-6,12H2/t10-/m1/s1. The Morgan fingerprint density at radius 1 is 1.33 bits per heavy atom. The van der Waals surface area contributed by atoms with Gasteiger partial charge in [0.15, 0.2) is 0 Å². The zero-order chi connectivity index (χ0) is 8.55. The molecule has 1 atom stereocenters. The Morgan fingerprint density at radius 3 is 2.58 bits per heavy atom. The normalized spacial score (nSPS) is 19.2. The van der Waals surface area contributed by atoms with Gasteiger partial charge < -0.3 is 5.73 Å². The smallest absolute Gasteiger partial charge is 0.0334 e. The molecule has 1 fully saturated rings. The zero-order valence-corrected chi connectivity index (χ0v) is 8.99. The molecule has 0 aromatic heterocycles. The summed E-state index contributed by atoms with van der Waals surface area (Å²) >= 11 is 2.36. The Hall–Kier alpha value is -0.0900. The van der Waals surface area contributed by atoms with Gasteiger partial charge >= 0.3 is 0 Å². The molecule has 1 aliphatic rings. The molecular weight excluding hydrogens is 261 g/mol. The first-order valence-corrected chi connectivity index (χ1v) is 5.37. The van der Waals surface area contributed by atoms with Gasteiger partial charge in [-0.1, -0.05) is 18.2 Å². The first-order chi connectivity index (χ1) is 5.79. The highest BCUT2D eigenvalue weighted by Crippen LogP contribution is 2.40. The van der Waals surface area contributed by atoms with Crippen LogP contribution in [-0.4, -0.2) is 0 Å². The number of hydrogen-bond acceptors (Lipinski definition) is 1. The Balaban J connectivity index is 2.25. The van der Waals surface area contributed by atoms with E-state index in [2.05, 4.69) is 46.9 Å². The molecule has 2 N–H and O–H groups in total. The maximum Gasteiger partial charge on any atom is 0.0334 e. The van der Waals surface area contributed by atoms with Gasteiger partial charge in [-0.2, -0.15) is 0 Å². The largest absolute Gasteiger partial charge is 0.324 e. The maximum atomic E-state index is 6.10. The zero-order valence-electron chi connectivity index (χ0n) is 6.83. The van der Waals surface area contributed by atoms with Crippen molar-refractivity contribution in [2.24, 2.45) is 11.7 Å². The van der Waals surface area contributed by atoms with Crippen molar-refractivity contribution in [2.45, 2.75) is 18.9 Å². The van der Waals surface area contributed by atoms with Crippen molar-refractivity contribution in [1.82, 2.24) is 0 Å². The summed E-state index contributed by atoms with van der Waals surface area (Å²) < 4.78 is 1.30. The minimum atomic E-state index is 0.276. The second-order valence-electron chi connectivity index (χ2n) is 3.38. The lowest BCUT2D eigenvalue weighted by molar-refractivity contribution is 0.630. The number of rotatable bonds is 2. The fraction of sp³-hybridized carbons (Fsp3) is 0.400. The van der Waals surface area contributed by atoms with Crippen molar-refractivity contribution in [2.75, 3.05) is 0 Å². The Labute approximate surface area is 86.5 Å². The molecule has 0 saturated heterocycles. The highest BCUT2D eigenvalue weighted by atomic mass is 127. The summed E-state index contributed by atoms with van der Waals surface area (Å²) in [6.07, 6.45) is 2.62. The second-order valence-corrected chi connectivity index (χ2v) is 4.55. The van der Waals surface area contributed by atoms with E-state index >= 15 is 0 Å². The van der Waals surface area contributed by atoms with Crippen molar-refractivity contribution in [3.63, 3.8) is 0 Å². The van der Waals surface area contributed by atoms with Gasteiger partial charge in [0.05, 0.1) is 0 Å². The first-order valence-electron chi connectivity index (χ1n) is 4.29. The number of benzene rings is 1. The van der Waals surface area contributed by atoms with Crippen LogP contribution >= 0.6 is 22.6 Å². The minimum Gasteiger partial charge on any atom is -0.324 e. The molecule has 0 unspecified atom stereocenters. The second kappa shape index (κ2) is 3.34. The third-order valence-corrected chi connectivity index (χ3v) is 3.38. The number of hydrogen-bond donors (Lipinski definition) is 1. The van der Waals surface area contributed by atoms with Gasteiger partial charge in [0.25, 0.3) is 0 Å². The van der Waals surface area contributed by atoms with Crippen molar-refractivity contribution in [3.8, 4) is 0 Å². The van der Waals surface area contributed by atoms with Gasteiger partial charge in [0.2, 0.25) is 0 Å². The summed E-state index contributed by atoms with van der Waals surface area (Å²) in [7, 11) is 0. The highest BCUT2D eigenvalue weighted by molar-refractivity contribution is 14.1. The molecule has 1 nitrogen and oxygen atoms in total. The molecule has 1 saturated carbocycles. The van der Waals surface area contributed by atoms with Crippen molar-refractivity contribution in [3.05, 3.63) is 33.4 Å². The van der Waals surface area contributed by atoms with Crippen LogP contribution in [0.5, 0.6) is 0 Å². The summed E-state index contributed by atoms with van der Waals surface area (Å²) in [6.45, 7) is 0. The van der Waals surface area contributed by atoms with Gasteiger partial charge in [-0.3, -0.25) is 0 Å². The average Bonchev–Trinajstić information content (AvgIpc) is 2.86. The molecule has 2 rings (SSSR count). The minimum absolute atomic E-state index is 0.276. The predicted molar refractivity (Wildman–Crippen MR) is 58.8 cm³/mol. The average molecular weight is 273 g/mol. The van der Waals surface area contributed by atoms with Crippen LogP contribution in [-0.2, 0) is 0 Å². The van der Waals surface area contributed by atoms with Crippen LogP contribution in [0.15, 0.2) is 24.3 Å². The van der Waals surface area contributed by atoms with E-state index in [0.29, 0.717) is 0 Å². The lowest BCUT2D eigenvalue weighted by atomic mass is 10.0. The third-order valence-electron chi connectivity index (χ3n) is 2.39. The summed E-state index contributed by atoms with van der Waals surface area (Å²) in [4.78, 5) is 0. The van der Waals surface area contributed by atoms with Crippen LogP contribution in [0.2, 0.25) is 0 Å². The molecule has 0 radical (unpaired) electrons. The molecular formula is C10H12IN. The Kier molecular flexibility index (Phi) is 2.37. The Morgan fingerprint density at radius 2 is 2.00 bits per heavy atom. The molecule has 64 valence electrons. The van der Waals surface area contributed by atoms with Crippen LogP contribution in [0.4, 0.5) is 0 Å². The van der Waals surface area contributed by atoms with Gasteiger partial charge in [-0.05, 0) is 53.0 Å². The molecule has 0 amide bonds. The van der Waals surface area contributed by atoms with E-state index in [-0.39, 0.29) is 6.04 Å². The fourth-order valence-electron chi connectivity index (χ4n) is 1.45. The highest BCUT2D eigenvalue weighted by Gasteiger charge is 2.30. The van der Waals surface area contributed by atoms with Crippen LogP contribution in [0.1, 0.15) is 24.4 Å². The Bertz CT molecular complexity index is 281. The molecule has 1 aromatic rings. The van der Waals surface area contributed by atoms with E-state index in [1.807, 2.05) is 0 Å². The first kappa shape index (κ1) is 8.51. The lowest BCUT2D eigenvalue weighted by Crippen LogP contribution is -2.13. The molecule has 0 spiro atoms. The molecule has 0 heterocycles. The van der Waals surface area contributed by atoms with Crippen LogP contribution < -0.4 is 5.73 Å². The van der Waals surface area contributed by atoms with E-state index < -0.39 is 0 Å². The monoisotopic (exact) mass is 273 g/mol. The fourth-order valence-corrected chi connectivity index (χ4v) is 2.20. The SMILES string of the molecule is N[C@@H](c1ccccc1I)C1CC1. The van der Waals surface area contributed by atoms with Crippen LogP contribution in [0.3, 0.4) is 0 Å². The summed E-state index contributed by atoms with van der Waals surface area (Å²) in [5.41, 5.74) is 7.42. The van der Waals surface area contributed by atoms with Crippen molar-refractivity contribution < 1.29 is 0 Å². The molecule has 0 bridgehead atoms. The van der Waals surface area contributed by atoms with E-state index in [0.717, 1.165) is 5.92 Å². The topological polar surface area (TPSA) is 26.0 Å². The van der Waals surface area contributed by atoms with Crippen molar-refractivity contribution >= 4 is 22.6 Å². The molecule has 12 heavy (non-hydrogen) atoms. The maximum absolute atomic E-state index is 6.10. The molecule has 0 aliphatic heterocycles. The van der Waals surface area contributed by atoms with E-state index in [1.54, 1.807) is 0 Å².